The van der Waals surface area contributed by atoms with Crippen molar-refractivity contribution in [2.75, 3.05) is 7.11 Å². The number of carbonyl (C=O) groups is 2. The molecular formula is C12H18FN3O6. The molecule has 0 aliphatic rings. The summed E-state index contributed by atoms with van der Waals surface area (Å²) in [4.78, 5) is 41.4. The van der Waals surface area contributed by atoms with Crippen LogP contribution in [0.25, 0.3) is 0 Å². The third-order valence-electron chi connectivity index (χ3n) is 2.68. The van der Waals surface area contributed by atoms with Crippen LogP contribution in [0, 0.1) is 0 Å². The van der Waals surface area contributed by atoms with Crippen LogP contribution >= 0.6 is 0 Å². The molecule has 9 nitrogen and oxygen atoms in total. The van der Waals surface area contributed by atoms with E-state index < -0.39 is 35.3 Å². The van der Waals surface area contributed by atoms with Crippen molar-refractivity contribution in [2.45, 2.75) is 31.8 Å². The first-order valence-electron chi connectivity index (χ1n) is 6.07. The van der Waals surface area contributed by atoms with E-state index in [-0.39, 0.29) is 12.8 Å². The number of ether oxygens (including phenoxy) is 1. The largest absolute Gasteiger partial charge is 0.468 e. The molecule has 1 aromatic heterocycles. The zero-order valence-electron chi connectivity index (χ0n) is 12.3. The maximum absolute atomic E-state index is 13.5. The molecule has 0 aliphatic carbocycles. The molecule has 1 heterocycles. The Morgan fingerprint density at radius 1 is 1.55 bits per heavy atom. The van der Waals surface area contributed by atoms with Crippen LogP contribution in [-0.4, -0.2) is 35.1 Å². The Balaban J connectivity index is 0.00000211. The van der Waals surface area contributed by atoms with Gasteiger partial charge >= 0.3 is 17.4 Å². The van der Waals surface area contributed by atoms with E-state index in [0.29, 0.717) is 4.57 Å². The highest BCUT2D eigenvalue weighted by atomic mass is 19.1. The van der Waals surface area contributed by atoms with Crippen molar-refractivity contribution in [3.8, 4) is 0 Å². The topological polar surface area (TPSA) is 137 Å². The normalized spacial score (nSPS) is 13.7. The van der Waals surface area contributed by atoms with Gasteiger partial charge in [-0.15, -0.1) is 0 Å². The number of allylic oxidation sites excluding steroid dienone is 2. The maximum atomic E-state index is 13.5. The lowest BCUT2D eigenvalue weighted by molar-refractivity contribution is -0.146. The van der Waals surface area contributed by atoms with E-state index in [2.05, 4.69) is 9.26 Å². The molecule has 1 aromatic rings. The Hall–Kier alpha value is -2.49. The molecule has 1 atom stereocenters. The second-order valence-corrected chi connectivity index (χ2v) is 4.46. The number of nitrogens with zero attached hydrogens (tertiary/aromatic N) is 1. The lowest BCUT2D eigenvalue weighted by Gasteiger charge is -2.20. The van der Waals surface area contributed by atoms with Crippen molar-refractivity contribution in [1.29, 1.82) is 0 Å². The molecule has 0 amide bonds. The van der Waals surface area contributed by atoms with Crippen LogP contribution in [0.3, 0.4) is 0 Å². The number of methoxy groups -OCH3 is 1. The predicted octanol–water partition coefficient (Wildman–Crippen LogP) is -0.531. The van der Waals surface area contributed by atoms with Gasteiger partial charge in [-0.25, -0.2) is 18.5 Å². The average molecular weight is 319 g/mol. The number of aromatic amines is 1. The summed E-state index contributed by atoms with van der Waals surface area (Å²) in [7, 11) is 1.21. The SMILES string of the molecule is C=O.COC(=O)C(C)(N)CC/C=C(/F)Cn1c(=O)[nH]oc1=O. The van der Waals surface area contributed by atoms with Gasteiger partial charge in [-0.2, -0.15) is 5.16 Å². The molecule has 0 aromatic carbocycles. The molecule has 1 unspecified atom stereocenters. The fraction of sp³-hybridized carbons (Fsp3) is 0.500. The quantitative estimate of drug-likeness (QED) is 0.672. The molecule has 1 rings (SSSR count). The van der Waals surface area contributed by atoms with Crippen molar-refractivity contribution in [2.24, 2.45) is 5.73 Å². The van der Waals surface area contributed by atoms with Crippen molar-refractivity contribution < 1.29 is 23.2 Å². The number of rotatable bonds is 6. The Morgan fingerprint density at radius 2 is 2.14 bits per heavy atom. The van der Waals surface area contributed by atoms with Crippen LogP contribution < -0.4 is 17.2 Å². The standard InChI is InChI=1S/C11H16FN3O5.CH2O/c1-11(13,8(16)19-2)5-3-4-7(12)6-15-9(17)14-20-10(15)18;1-2/h4H,3,5-6,13H2,1-2H3,(H,14,17);1H2/b7-4+;. The zero-order valence-corrected chi connectivity index (χ0v) is 12.3. The monoisotopic (exact) mass is 319 g/mol. The summed E-state index contributed by atoms with van der Waals surface area (Å²) in [6.07, 6.45) is 1.45. The summed E-state index contributed by atoms with van der Waals surface area (Å²) >= 11 is 0. The van der Waals surface area contributed by atoms with Crippen molar-refractivity contribution >= 4 is 12.8 Å². The first-order valence-corrected chi connectivity index (χ1v) is 6.07. The molecule has 0 bridgehead atoms. The van der Waals surface area contributed by atoms with E-state index >= 15 is 0 Å². The molecule has 0 saturated heterocycles. The number of nitrogens with one attached hydrogen (secondary N) is 1. The molecule has 3 N–H and O–H groups in total. The first-order chi connectivity index (χ1) is 10.3. The van der Waals surface area contributed by atoms with Crippen molar-refractivity contribution in [3.63, 3.8) is 0 Å². The average Bonchev–Trinajstić information content (AvgIpc) is 2.80. The Bertz CT molecular complexity index is 600. The van der Waals surface area contributed by atoms with E-state index in [9.17, 15) is 18.8 Å². The highest BCUT2D eigenvalue weighted by Gasteiger charge is 2.28. The van der Waals surface area contributed by atoms with Gasteiger partial charge in [-0.1, -0.05) is 6.08 Å². The van der Waals surface area contributed by atoms with Crippen LogP contribution in [-0.2, 0) is 20.9 Å². The summed E-state index contributed by atoms with van der Waals surface area (Å²) < 4.78 is 22.8. The van der Waals surface area contributed by atoms with E-state index in [4.69, 9.17) is 10.5 Å². The second-order valence-electron chi connectivity index (χ2n) is 4.46. The minimum atomic E-state index is -1.23. The van der Waals surface area contributed by atoms with Crippen molar-refractivity contribution in [3.05, 3.63) is 32.9 Å². The molecule has 10 heteroatoms. The van der Waals surface area contributed by atoms with Gasteiger partial charge in [0.2, 0.25) is 0 Å². The first kappa shape index (κ1) is 19.5. The minimum absolute atomic E-state index is 0.151. The Labute approximate surface area is 124 Å². The zero-order chi connectivity index (χ0) is 17.3. The third kappa shape index (κ3) is 5.48. The molecule has 0 spiro atoms. The van der Waals surface area contributed by atoms with Gasteiger partial charge in [-0.05, 0) is 19.8 Å². The highest BCUT2D eigenvalue weighted by Crippen LogP contribution is 2.13. The Kier molecular flexibility index (Phi) is 7.73. The van der Waals surface area contributed by atoms with Gasteiger partial charge in [0.15, 0.2) is 0 Å². The third-order valence-corrected chi connectivity index (χ3v) is 2.68. The lowest BCUT2D eigenvalue weighted by atomic mass is 9.97. The van der Waals surface area contributed by atoms with Crippen molar-refractivity contribution in [1.82, 2.24) is 9.72 Å². The summed E-state index contributed by atoms with van der Waals surface area (Å²) in [6, 6.07) is 0. The molecule has 0 aliphatic heterocycles. The lowest BCUT2D eigenvalue weighted by Crippen LogP contribution is -2.45. The number of carbonyl (C=O) groups excluding carboxylic acids is 2. The predicted molar refractivity (Wildman–Crippen MR) is 73.7 cm³/mol. The molecule has 22 heavy (non-hydrogen) atoms. The number of H-pyrrole nitrogens is 1. The van der Waals surface area contributed by atoms with Crippen LogP contribution in [0.15, 0.2) is 26.0 Å². The van der Waals surface area contributed by atoms with Gasteiger partial charge in [0, 0.05) is 0 Å². The highest BCUT2D eigenvalue weighted by molar-refractivity contribution is 5.79. The molecular weight excluding hydrogens is 301 g/mol. The fourth-order valence-corrected chi connectivity index (χ4v) is 1.50. The maximum Gasteiger partial charge on any atom is 0.442 e. The summed E-state index contributed by atoms with van der Waals surface area (Å²) in [6.45, 7) is 2.93. The van der Waals surface area contributed by atoms with Gasteiger partial charge < -0.3 is 19.8 Å². The summed E-state index contributed by atoms with van der Waals surface area (Å²) in [5.41, 5.74) is 3.63. The van der Waals surface area contributed by atoms with E-state index in [1.165, 1.54) is 14.0 Å². The van der Waals surface area contributed by atoms with Gasteiger partial charge in [-0.3, -0.25) is 4.79 Å². The van der Waals surface area contributed by atoms with E-state index in [0.717, 1.165) is 6.08 Å². The van der Waals surface area contributed by atoms with Crippen LogP contribution in [0.5, 0.6) is 0 Å². The minimum Gasteiger partial charge on any atom is -0.468 e. The van der Waals surface area contributed by atoms with Gasteiger partial charge in [0.05, 0.1) is 13.7 Å². The van der Waals surface area contributed by atoms with Gasteiger partial charge in [0.1, 0.15) is 18.2 Å². The number of aromatic nitrogens is 2. The number of nitrogens with two attached hydrogens (primary N) is 1. The fourth-order valence-electron chi connectivity index (χ4n) is 1.50. The second kappa shape index (κ2) is 8.72. The summed E-state index contributed by atoms with van der Waals surface area (Å²) in [5.74, 6) is -2.29. The molecule has 124 valence electrons. The number of hydrogen-bond acceptors (Lipinski definition) is 7. The van der Waals surface area contributed by atoms with Crippen LogP contribution in [0.4, 0.5) is 4.39 Å². The molecule has 0 saturated carbocycles. The number of hydrogen-bond donors (Lipinski definition) is 2. The van der Waals surface area contributed by atoms with E-state index in [1.54, 1.807) is 5.16 Å². The van der Waals surface area contributed by atoms with Gasteiger partial charge in [0.25, 0.3) is 0 Å². The molecule has 0 fully saturated rings. The smallest absolute Gasteiger partial charge is 0.442 e. The van der Waals surface area contributed by atoms with Crippen LogP contribution in [0.2, 0.25) is 0 Å². The summed E-state index contributed by atoms with van der Waals surface area (Å²) in [5, 5.41) is 1.79. The molecule has 0 radical (unpaired) electrons. The van der Waals surface area contributed by atoms with Crippen LogP contribution in [0.1, 0.15) is 19.8 Å². The number of esters is 1. The van der Waals surface area contributed by atoms with E-state index in [1.807, 2.05) is 6.79 Å². The Morgan fingerprint density at radius 3 is 2.59 bits per heavy atom. The number of halogens is 1.